The van der Waals surface area contributed by atoms with Crippen LogP contribution in [0.5, 0.6) is 0 Å². The molecule has 0 spiro atoms. The van der Waals surface area contributed by atoms with Crippen LogP contribution in [0.2, 0.25) is 0 Å². The minimum absolute atomic E-state index is 0.193. The van der Waals surface area contributed by atoms with Crippen molar-refractivity contribution < 1.29 is 19.3 Å². The Labute approximate surface area is 103 Å². The van der Waals surface area contributed by atoms with Crippen LogP contribution in [0.25, 0.3) is 0 Å². The molecule has 1 heterocycles. The van der Waals surface area contributed by atoms with E-state index in [1.165, 1.54) is 0 Å². The van der Waals surface area contributed by atoms with Crippen molar-refractivity contribution in [3.63, 3.8) is 0 Å². The molecular formula is C12H25NO4. The van der Waals surface area contributed by atoms with Crippen LogP contribution < -0.4 is 5.32 Å². The number of hydrogen-bond donors (Lipinski definition) is 2. The highest BCUT2D eigenvalue weighted by Gasteiger charge is 2.14. The third kappa shape index (κ3) is 6.95. The van der Waals surface area contributed by atoms with Crippen LogP contribution in [-0.2, 0) is 14.2 Å². The lowest BCUT2D eigenvalue weighted by Crippen LogP contribution is -2.44. The first kappa shape index (κ1) is 14.9. The van der Waals surface area contributed by atoms with Crippen molar-refractivity contribution in [1.82, 2.24) is 5.32 Å². The molecule has 0 aromatic heterocycles. The number of aliphatic hydroxyl groups excluding tert-OH is 1. The van der Waals surface area contributed by atoms with E-state index < -0.39 is 6.10 Å². The summed E-state index contributed by atoms with van der Waals surface area (Å²) in [7, 11) is 0. The zero-order valence-corrected chi connectivity index (χ0v) is 10.9. The lowest BCUT2D eigenvalue weighted by atomic mass is 10.3. The Kier molecular flexibility index (Phi) is 7.72. The highest BCUT2D eigenvalue weighted by Crippen LogP contribution is 1.99. The zero-order chi connectivity index (χ0) is 12.5. The number of aliphatic hydroxyl groups is 1. The molecule has 102 valence electrons. The molecule has 17 heavy (non-hydrogen) atoms. The van der Waals surface area contributed by atoms with Crippen LogP contribution in [0, 0.1) is 0 Å². The maximum Gasteiger partial charge on any atom is 0.101 e. The largest absolute Gasteiger partial charge is 0.388 e. The molecule has 1 fully saturated rings. The zero-order valence-electron chi connectivity index (χ0n) is 10.9. The van der Waals surface area contributed by atoms with Crippen LogP contribution in [0.1, 0.15) is 20.3 Å². The van der Waals surface area contributed by atoms with Crippen molar-refractivity contribution in [2.75, 3.05) is 39.6 Å². The van der Waals surface area contributed by atoms with Gasteiger partial charge in [0, 0.05) is 6.54 Å². The lowest BCUT2D eigenvalue weighted by molar-refractivity contribution is -0.0496. The van der Waals surface area contributed by atoms with Gasteiger partial charge in [-0.15, -0.1) is 0 Å². The second-order valence-corrected chi connectivity index (χ2v) is 4.47. The summed E-state index contributed by atoms with van der Waals surface area (Å²) in [6, 6.07) is 0.242. The third-order valence-electron chi connectivity index (χ3n) is 2.78. The number of ether oxygens (including phenoxy) is 3. The summed E-state index contributed by atoms with van der Waals surface area (Å²) in [5, 5.41) is 12.9. The van der Waals surface area contributed by atoms with E-state index in [9.17, 15) is 5.11 Å². The maximum absolute atomic E-state index is 9.62. The van der Waals surface area contributed by atoms with Crippen LogP contribution >= 0.6 is 0 Å². The molecule has 0 aliphatic carbocycles. The second-order valence-electron chi connectivity index (χ2n) is 4.47. The molecule has 0 amide bonds. The summed E-state index contributed by atoms with van der Waals surface area (Å²) in [4.78, 5) is 0. The summed E-state index contributed by atoms with van der Waals surface area (Å²) < 4.78 is 16.2. The average molecular weight is 247 g/mol. The molecule has 0 saturated carbocycles. The smallest absolute Gasteiger partial charge is 0.101 e. The van der Waals surface area contributed by atoms with Crippen molar-refractivity contribution in [1.29, 1.82) is 0 Å². The van der Waals surface area contributed by atoms with Crippen molar-refractivity contribution in [2.45, 2.75) is 38.5 Å². The first-order valence-corrected chi connectivity index (χ1v) is 6.41. The van der Waals surface area contributed by atoms with Gasteiger partial charge in [0.2, 0.25) is 0 Å². The molecule has 0 aromatic rings. The van der Waals surface area contributed by atoms with Gasteiger partial charge in [-0.2, -0.15) is 0 Å². The van der Waals surface area contributed by atoms with Crippen LogP contribution in [0.15, 0.2) is 0 Å². The monoisotopic (exact) mass is 247 g/mol. The van der Waals surface area contributed by atoms with Crippen molar-refractivity contribution in [3.05, 3.63) is 0 Å². The Bertz CT molecular complexity index is 185. The highest BCUT2D eigenvalue weighted by molar-refractivity contribution is 4.69. The van der Waals surface area contributed by atoms with E-state index in [0.29, 0.717) is 26.4 Å². The van der Waals surface area contributed by atoms with Gasteiger partial charge >= 0.3 is 0 Å². The molecule has 0 radical (unpaired) electrons. The summed E-state index contributed by atoms with van der Waals surface area (Å²) in [5.74, 6) is 0. The van der Waals surface area contributed by atoms with E-state index >= 15 is 0 Å². The van der Waals surface area contributed by atoms with Gasteiger partial charge in [0.25, 0.3) is 0 Å². The highest BCUT2D eigenvalue weighted by atomic mass is 16.5. The molecule has 3 unspecified atom stereocenters. The second kappa shape index (κ2) is 8.83. The van der Waals surface area contributed by atoms with Gasteiger partial charge in [0.05, 0.1) is 45.2 Å². The number of nitrogens with one attached hydrogen (secondary N) is 1. The van der Waals surface area contributed by atoms with Gasteiger partial charge in [0.15, 0.2) is 0 Å². The predicted octanol–water partition coefficient (Wildman–Crippen LogP) is 0.167. The fourth-order valence-electron chi connectivity index (χ4n) is 1.51. The topological polar surface area (TPSA) is 60.0 Å². The van der Waals surface area contributed by atoms with E-state index in [4.69, 9.17) is 14.2 Å². The fourth-order valence-corrected chi connectivity index (χ4v) is 1.51. The normalized spacial score (nSPS) is 24.5. The molecule has 1 rings (SSSR count). The van der Waals surface area contributed by atoms with Crippen molar-refractivity contribution in [2.24, 2.45) is 0 Å². The standard InChI is InChI=1S/C12H25NO4/c1-3-10(2)17-9-12(14)8-16-7-11-6-15-5-4-13-11/h10-14H,3-9H2,1-2H3. The molecule has 1 aliphatic heterocycles. The fraction of sp³-hybridized carbons (Fsp3) is 1.00. The maximum atomic E-state index is 9.62. The first-order chi connectivity index (χ1) is 8.22. The molecular weight excluding hydrogens is 222 g/mol. The van der Waals surface area contributed by atoms with Gasteiger partial charge in [-0.05, 0) is 13.3 Å². The van der Waals surface area contributed by atoms with Crippen LogP contribution in [0.3, 0.4) is 0 Å². The van der Waals surface area contributed by atoms with E-state index in [-0.39, 0.29) is 12.1 Å². The summed E-state index contributed by atoms with van der Waals surface area (Å²) in [6.45, 7) is 7.59. The van der Waals surface area contributed by atoms with Gasteiger partial charge in [-0.25, -0.2) is 0 Å². The van der Waals surface area contributed by atoms with Crippen molar-refractivity contribution >= 4 is 0 Å². The number of hydrogen-bond acceptors (Lipinski definition) is 5. The van der Waals surface area contributed by atoms with E-state index in [1.807, 2.05) is 6.92 Å². The molecule has 5 nitrogen and oxygen atoms in total. The number of morpholine rings is 1. The van der Waals surface area contributed by atoms with Gasteiger partial charge < -0.3 is 24.6 Å². The summed E-state index contributed by atoms with van der Waals surface area (Å²) in [6.07, 6.45) is 0.600. The van der Waals surface area contributed by atoms with E-state index in [2.05, 4.69) is 12.2 Å². The van der Waals surface area contributed by atoms with Crippen LogP contribution in [0.4, 0.5) is 0 Å². The molecule has 1 saturated heterocycles. The Morgan fingerprint density at radius 3 is 2.94 bits per heavy atom. The molecule has 2 N–H and O–H groups in total. The Balaban J connectivity index is 1.97. The first-order valence-electron chi connectivity index (χ1n) is 6.41. The summed E-state index contributed by atoms with van der Waals surface area (Å²) >= 11 is 0. The van der Waals surface area contributed by atoms with Gasteiger partial charge in [-0.3, -0.25) is 0 Å². The van der Waals surface area contributed by atoms with E-state index in [0.717, 1.165) is 19.6 Å². The number of rotatable bonds is 8. The SMILES string of the molecule is CCC(C)OCC(O)COCC1COCCN1. The Morgan fingerprint density at radius 2 is 2.29 bits per heavy atom. The predicted molar refractivity (Wildman–Crippen MR) is 65.1 cm³/mol. The molecule has 5 heteroatoms. The van der Waals surface area contributed by atoms with Gasteiger partial charge in [-0.1, -0.05) is 6.92 Å². The molecule has 3 atom stereocenters. The molecule has 1 aliphatic rings. The van der Waals surface area contributed by atoms with Crippen molar-refractivity contribution in [3.8, 4) is 0 Å². The van der Waals surface area contributed by atoms with E-state index in [1.54, 1.807) is 0 Å². The summed E-state index contributed by atoms with van der Waals surface area (Å²) in [5.41, 5.74) is 0. The van der Waals surface area contributed by atoms with Crippen LogP contribution in [-0.4, -0.2) is 62.9 Å². The Morgan fingerprint density at radius 1 is 1.47 bits per heavy atom. The average Bonchev–Trinajstić information content (AvgIpc) is 2.37. The molecule has 0 bridgehead atoms. The quantitative estimate of drug-likeness (QED) is 0.640. The minimum atomic E-state index is -0.548. The van der Waals surface area contributed by atoms with Gasteiger partial charge in [0.1, 0.15) is 6.10 Å². The third-order valence-corrected chi connectivity index (χ3v) is 2.78. The Hall–Kier alpha value is -0.200. The lowest BCUT2D eigenvalue weighted by Gasteiger charge is -2.24. The minimum Gasteiger partial charge on any atom is -0.388 e. The molecule has 0 aromatic carbocycles.